The van der Waals surface area contributed by atoms with Gasteiger partial charge in [-0.2, -0.15) is 0 Å². The molecule has 208 valence electrons. The summed E-state index contributed by atoms with van der Waals surface area (Å²) in [6.07, 6.45) is 4.22. The van der Waals surface area contributed by atoms with Crippen LogP contribution < -0.4 is 33.2 Å². The molecular weight excluding hydrogens is 482 g/mol. The molecule has 14 nitrogen and oxygen atoms in total. The number of guanidine groups is 1. The Bertz CT molecular complexity index is 916. The monoisotopic (exact) mass is 523 g/mol. The molecule has 0 saturated carbocycles. The predicted molar refractivity (Wildman–Crippen MR) is 138 cm³/mol. The number of aromatic amines is 1. The largest absolute Gasteiger partial charge is 0.480 e. The van der Waals surface area contributed by atoms with Crippen LogP contribution in [0, 0.1) is 11.8 Å². The Morgan fingerprint density at radius 2 is 1.68 bits per heavy atom. The minimum absolute atomic E-state index is 0.00748. The lowest BCUT2D eigenvalue weighted by Gasteiger charge is -2.29. The number of nitrogens with zero attached hydrogens (tertiary/aromatic N) is 2. The fraction of sp³-hybridized carbons (Fsp3) is 0.652. The number of nitrogens with one attached hydrogen (secondary N) is 4. The van der Waals surface area contributed by atoms with Crippen LogP contribution in [0.2, 0.25) is 0 Å². The number of hydrogen-bond acceptors (Lipinski definition) is 7. The summed E-state index contributed by atoms with van der Waals surface area (Å²) >= 11 is 0. The van der Waals surface area contributed by atoms with E-state index in [-0.39, 0.29) is 24.2 Å². The third-order valence-corrected chi connectivity index (χ3v) is 5.94. The Morgan fingerprint density at radius 3 is 2.19 bits per heavy atom. The van der Waals surface area contributed by atoms with Crippen LogP contribution in [-0.4, -0.2) is 75.4 Å². The maximum Gasteiger partial charge on any atom is 0.326 e. The number of H-pyrrole nitrogens is 1. The van der Waals surface area contributed by atoms with E-state index in [9.17, 15) is 24.3 Å². The zero-order valence-corrected chi connectivity index (χ0v) is 21.9. The van der Waals surface area contributed by atoms with E-state index in [2.05, 4.69) is 30.9 Å². The normalized spacial score (nSPS) is 15.1. The van der Waals surface area contributed by atoms with Crippen molar-refractivity contribution in [3.8, 4) is 0 Å². The van der Waals surface area contributed by atoms with Crippen molar-refractivity contribution >= 4 is 29.7 Å². The molecule has 0 aliphatic carbocycles. The van der Waals surface area contributed by atoms with Gasteiger partial charge in [0.05, 0.1) is 12.4 Å². The summed E-state index contributed by atoms with van der Waals surface area (Å²) in [7, 11) is 0. The highest BCUT2D eigenvalue weighted by atomic mass is 16.4. The van der Waals surface area contributed by atoms with Gasteiger partial charge >= 0.3 is 5.97 Å². The highest BCUT2D eigenvalue weighted by molar-refractivity contribution is 5.94. The minimum Gasteiger partial charge on any atom is -0.480 e. The van der Waals surface area contributed by atoms with Crippen molar-refractivity contribution in [2.75, 3.05) is 6.54 Å². The minimum atomic E-state index is -1.23. The molecule has 5 unspecified atom stereocenters. The third kappa shape index (κ3) is 10.9. The predicted octanol–water partition coefficient (Wildman–Crippen LogP) is -1.43. The van der Waals surface area contributed by atoms with Crippen LogP contribution in [-0.2, 0) is 25.6 Å². The molecule has 1 heterocycles. The Morgan fingerprint density at radius 1 is 1.05 bits per heavy atom. The van der Waals surface area contributed by atoms with Crippen molar-refractivity contribution in [1.82, 2.24) is 25.9 Å². The molecule has 37 heavy (non-hydrogen) atoms. The van der Waals surface area contributed by atoms with Gasteiger partial charge in [0.25, 0.3) is 0 Å². The summed E-state index contributed by atoms with van der Waals surface area (Å²) in [4.78, 5) is 61.1. The van der Waals surface area contributed by atoms with E-state index in [1.807, 2.05) is 6.92 Å². The van der Waals surface area contributed by atoms with Crippen LogP contribution in [0.15, 0.2) is 17.5 Å². The second kappa shape index (κ2) is 15.4. The van der Waals surface area contributed by atoms with Crippen LogP contribution in [0.3, 0.4) is 0 Å². The van der Waals surface area contributed by atoms with Gasteiger partial charge in [0.15, 0.2) is 5.96 Å². The zero-order valence-electron chi connectivity index (χ0n) is 21.9. The number of carbonyl (C=O) groups excluding carboxylic acids is 3. The molecule has 0 bridgehead atoms. The lowest BCUT2D eigenvalue weighted by atomic mass is 9.95. The maximum atomic E-state index is 13.2. The van der Waals surface area contributed by atoms with Gasteiger partial charge in [-0.1, -0.05) is 34.1 Å². The number of carboxylic acid groups (broad SMARTS) is 1. The SMILES string of the molecule is CCC(C)C(NC(=O)C(N)CCCN=C(N)N)C(=O)NC(C(=O)NC(Cc1cnc[nH]1)C(=O)O)C(C)C. The Hall–Kier alpha value is -3.68. The van der Waals surface area contributed by atoms with Gasteiger partial charge in [0, 0.05) is 24.9 Å². The third-order valence-electron chi connectivity index (χ3n) is 5.94. The summed E-state index contributed by atoms with van der Waals surface area (Å²) in [6.45, 7) is 7.43. The molecule has 0 saturated heterocycles. The van der Waals surface area contributed by atoms with E-state index in [0.717, 1.165) is 0 Å². The van der Waals surface area contributed by atoms with Gasteiger partial charge in [-0.15, -0.1) is 0 Å². The molecule has 0 radical (unpaired) electrons. The van der Waals surface area contributed by atoms with Crippen LogP contribution in [0.25, 0.3) is 0 Å². The second-order valence-corrected chi connectivity index (χ2v) is 9.34. The van der Waals surface area contributed by atoms with E-state index < -0.39 is 47.9 Å². The summed E-state index contributed by atoms with van der Waals surface area (Å²) in [5.41, 5.74) is 17.1. The van der Waals surface area contributed by atoms with Gasteiger partial charge < -0.3 is 43.2 Å². The molecule has 14 heteroatoms. The standard InChI is InChI=1S/C23H41N9O5/c1-5-13(4)18(32-19(33)15(24)7-6-8-28-23(25)26)21(35)31-17(12(2)3)20(34)30-16(22(36)37)9-14-10-27-11-29-14/h10-13,15-18H,5-9,24H2,1-4H3,(H,27,29)(H,30,34)(H,31,35)(H,32,33)(H,36,37)(H4,25,26,28). The number of rotatable bonds is 16. The lowest BCUT2D eigenvalue weighted by molar-refractivity contribution is -0.142. The zero-order chi connectivity index (χ0) is 28.1. The van der Waals surface area contributed by atoms with Gasteiger partial charge in [-0.3, -0.25) is 19.4 Å². The van der Waals surface area contributed by atoms with Gasteiger partial charge in [0.1, 0.15) is 18.1 Å². The van der Waals surface area contributed by atoms with Crippen molar-refractivity contribution in [3.63, 3.8) is 0 Å². The topological polar surface area (TPSA) is 244 Å². The molecule has 5 atom stereocenters. The van der Waals surface area contributed by atoms with E-state index in [0.29, 0.717) is 31.5 Å². The fourth-order valence-corrected chi connectivity index (χ4v) is 3.47. The number of nitrogens with two attached hydrogens (primary N) is 3. The molecular formula is C23H41N9O5. The average molecular weight is 524 g/mol. The number of aliphatic carboxylic acids is 1. The van der Waals surface area contributed by atoms with Gasteiger partial charge in [0.2, 0.25) is 17.7 Å². The Balaban J connectivity index is 2.89. The van der Waals surface area contributed by atoms with E-state index in [1.54, 1.807) is 20.8 Å². The molecule has 0 aromatic carbocycles. The highest BCUT2D eigenvalue weighted by Crippen LogP contribution is 2.11. The van der Waals surface area contributed by atoms with E-state index in [4.69, 9.17) is 17.2 Å². The summed E-state index contributed by atoms with van der Waals surface area (Å²) in [5, 5.41) is 17.4. The molecule has 3 amide bonds. The molecule has 0 spiro atoms. The number of aliphatic imine (C=N–C) groups is 1. The van der Waals surface area contributed by atoms with E-state index >= 15 is 0 Å². The van der Waals surface area contributed by atoms with Crippen LogP contribution in [0.1, 0.15) is 52.7 Å². The smallest absolute Gasteiger partial charge is 0.326 e. The first-order chi connectivity index (χ1) is 17.4. The molecule has 0 fully saturated rings. The second-order valence-electron chi connectivity index (χ2n) is 9.34. The average Bonchev–Trinajstić information content (AvgIpc) is 3.34. The maximum absolute atomic E-state index is 13.2. The summed E-state index contributed by atoms with van der Waals surface area (Å²) in [5.74, 6) is -3.63. The highest BCUT2D eigenvalue weighted by Gasteiger charge is 2.33. The lowest BCUT2D eigenvalue weighted by Crippen LogP contribution is -2.60. The Kier molecular flexibility index (Phi) is 13.1. The Labute approximate surface area is 216 Å². The van der Waals surface area contributed by atoms with E-state index in [1.165, 1.54) is 12.5 Å². The van der Waals surface area contributed by atoms with Crippen LogP contribution in [0.4, 0.5) is 0 Å². The van der Waals surface area contributed by atoms with Crippen molar-refractivity contribution < 1.29 is 24.3 Å². The first kappa shape index (κ1) is 31.4. The van der Waals surface area contributed by atoms with Gasteiger partial charge in [-0.05, 0) is 24.7 Å². The molecule has 1 aromatic rings. The molecule has 1 rings (SSSR count). The first-order valence-electron chi connectivity index (χ1n) is 12.3. The van der Waals surface area contributed by atoms with Gasteiger partial charge in [-0.25, -0.2) is 9.78 Å². The molecule has 11 N–H and O–H groups in total. The summed E-state index contributed by atoms with van der Waals surface area (Å²) < 4.78 is 0. The number of imidazole rings is 1. The summed E-state index contributed by atoms with van der Waals surface area (Å²) in [6, 6.07) is -4.09. The number of aromatic nitrogens is 2. The van der Waals surface area contributed by atoms with Crippen molar-refractivity contribution in [2.24, 2.45) is 34.0 Å². The number of amides is 3. The van der Waals surface area contributed by atoms with Crippen molar-refractivity contribution in [3.05, 3.63) is 18.2 Å². The number of carbonyl (C=O) groups is 4. The fourth-order valence-electron chi connectivity index (χ4n) is 3.47. The first-order valence-corrected chi connectivity index (χ1v) is 12.3. The van der Waals surface area contributed by atoms with Crippen molar-refractivity contribution in [1.29, 1.82) is 0 Å². The van der Waals surface area contributed by atoms with Crippen LogP contribution in [0.5, 0.6) is 0 Å². The van der Waals surface area contributed by atoms with Crippen molar-refractivity contribution in [2.45, 2.75) is 77.5 Å². The number of carboxylic acids is 1. The molecule has 0 aliphatic heterocycles. The molecule has 0 aliphatic rings. The van der Waals surface area contributed by atoms with Crippen LogP contribution >= 0.6 is 0 Å². The number of hydrogen-bond donors (Lipinski definition) is 8. The quantitative estimate of drug-likeness (QED) is 0.0718. The molecule has 1 aromatic heterocycles.